The average molecular weight is 297 g/mol. The molecule has 0 unspecified atom stereocenters. The van der Waals surface area contributed by atoms with Gasteiger partial charge in [0.05, 0.1) is 12.1 Å². The van der Waals surface area contributed by atoms with Crippen molar-refractivity contribution in [3.05, 3.63) is 11.1 Å². The predicted molar refractivity (Wildman–Crippen MR) is 76.4 cm³/mol. The molecule has 6 nitrogen and oxygen atoms in total. The SMILES string of the molecule is CC1CCC(NC(=O)Cc2csc(N)n2)(C(=O)O)CC1. The van der Waals surface area contributed by atoms with Crippen molar-refractivity contribution < 1.29 is 14.7 Å². The van der Waals surface area contributed by atoms with Gasteiger partial charge in [0.25, 0.3) is 0 Å². The summed E-state index contributed by atoms with van der Waals surface area (Å²) in [5, 5.41) is 14.3. The summed E-state index contributed by atoms with van der Waals surface area (Å²) < 4.78 is 0. The van der Waals surface area contributed by atoms with E-state index in [-0.39, 0.29) is 12.3 Å². The molecule has 0 aliphatic heterocycles. The number of nitrogens with zero attached hydrogens (tertiary/aromatic N) is 1. The van der Waals surface area contributed by atoms with Crippen molar-refractivity contribution in [2.45, 2.75) is 44.6 Å². The summed E-state index contributed by atoms with van der Waals surface area (Å²) >= 11 is 1.27. The van der Waals surface area contributed by atoms with E-state index in [0.717, 1.165) is 12.8 Å². The highest BCUT2D eigenvalue weighted by Gasteiger charge is 2.42. The van der Waals surface area contributed by atoms with Gasteiger partial charge in [0, 0.05) is 5.38 Å². The number of rotatable bonds is 4. The Balaban J connectivity index is 2.01. The molecular weight excluding hydrogens is 278 g/mol. The van der Waals surface area contributed by atoms with Crippen LogP contribution < -0.4 is 11.1 Å². The van der Waals surface area contributed by atoms with Crippen LogP contribution in [0.1, 0.15) is 38.3 Å². The molecule has 0 saturated heterocycles. The van der Waals surface area contributed by atoms with Crippen LogP contribution in [0.3, 0.4) is 0 Å². The lowest BCUT2D eigenvalue weighted by Gasteiger charge is -2.36. The maximum atomic E-state index is 12.0. The zero-order chi connectivity index (χ0) is 14.8. The zero-order valence-corrected chi connectivity index (χ0v) is 12.2. The van der Waals surface area contributed by atoms with Gasteiger partial charge in [0.1, 0.15) is 5.54 Å². The molecule has 4 N–H and O–H groups in total. The molecule has 1 aromatic rings. The van der Waals surface area contributed by atoms with Crippen molar-refractivity contribution in [1.29, 1.82) is 0 Å². The third-order valence-electron chi connectivity index (χ3n) is 3.83. The number of hydrogen-bond donors (Lipinski definition) is 3. The lowest BCUT2D eigenvalue weighted by molar-refractivity contribution is -0.149. The van der Waals surface area contributed by atoms with Gasteiger partial charge in [-0.3, -0.25) is 4.79 Å². The third kappa shape index (κ3) is 3.27. The molecule has 1 heterocycles. The molecule has 1 fully saturated rings. The molecule has 1 aliphatic carbocycles. The van der Waals surface area contributed by atoms with E-state index < -0.39 is 11.5 Å². The molecule has 7 heteroatoms. The second-order valence-electron chi connectivity index (χ2n) is 5.47. The number of thiazole rings is 1. The number of nitrogens with two attached hydrogens (primary N) is 1. The van der Waals surface area contributed by atoms with Crippen molar-refractivity contribution >= 4 is 28.3 Å². The van der Waals surface area contributed by atoms with E-state index >= 15 is 0 Å². The van der Waals surface area contributed by atoms with Crippen LogP contribution in [0.2, 0.25) is 0 Å². The highest BCUT2D eigenvalue weighted by atomic mass is 32.1. The number of carbonyl (C=O) groups excluding carboxylic acids is 1. The van der Waals surface area contributed by atoms with Gasteiger partial charge in [-0.15, -0.1) is 11.3 Å². The number of carboxylic acids is 1. The van der Waals surface area contributed by atoms with E-state index in [2.05, 4.69) is 17.2 Å². The molecule has 2 rings (SSSR count). The molecular formula is C13H19N3O3S. The molecule has 1 saturated carbocycles. The Morgan fingerprint density at radius 3 is 2.70 bits per heavy atom. The standard InChI is InChI=1S/C13H19N3O3S/c1-8-2-4-13(5-3-8,11(18)19)16-10(17)6-9-7-20-12(14)15-9/h7-8H,2-6H2,1H3,(H2,14,15)(H,16,17)(H,18,19). The summed E-state index contributed by atoms with van der Waals surface area (Å²) in [7, 11) is 0. The second kappa shape index (κ2) is 5.78. The number of amides is 1. The van der Waals surface area contributed by atoms with E-state index in [1.807, 2.05) is 0 Å². The van der Waals surface area contributed by atoms with Crippen LogP contribution in [0.4, 0.5) is 5.13 Å². The summed E-state index contributed by atoms with van der Waals surface area (Å²) in [5.41, 5.74) is 4.97. The van der Waals surface area contributed by atoms with Crippen molar-refractivity contribution in [3.63, 3.8) is 0 Å². The van der Waals surface area contributed by atoms with E-state index in [4.69, 9.17) is 5.73 Å². The van der Waals surface area contributed by atoms with Gasteiger partial charge >= 0.3 is 5.97 Å². The molecule has 1 aromatic heterocycles. The number of nitrogen functional groups attached to an aromatic ring is 1. The minimum absolute atomic E-state index is 0.0677. The monoisotopic (exact) mass is 297 g/mol. The predicted octanol–water partition coefficient (Wildman–Crippen LogP) is 1.42. The number of aliphatic carboxylic acids is 1. The van der Waals surface area contributed by atoms with E-state index in [1.54, 1.807) is 5.38 Å². The van der Waals surface area contributed by atoms with Crippen LogP contribution in [-0.2, 0) is 16.0 Å². The van der Waals surface area contributed by atoms with Crippen LogP contribution in [0.5, 0.6) is 0 Å². The van der Waals surface area contributed by atoms with E-state index in [0.29, 0.717) is 29.6 Å². The van der Waals surface area contributed by atoms with Gasteiger partial charge < -0.3 is 16.2 Å². The van der Waals surface area contributed by atoms with Crippen LogP contribution >= 0.6 is 11.3 Å². The fourth-order valence-electron chi connectivity index (χ4n) is 2.53. The minimum Gasteiger partial charge on any atom is -0.480 e. The van der Waals surface area contributed by atoms with Crippen molar-refractivity contribution in [2.75, 3.05) is 5.73 Å². The lowest BCUT2D eigenvalue weighted by Crippen LogP contribution is -2.56. The maximum absolute atomic E-state index is 12.0. The first-order chi connectivity index (χ1) is 9.41. The van der Waals surface area contributed by atoms with E-state index in [9.17, 15) is 14.7 Å². The van der Waals surface area contributed by atoms with Crippen molar-refractivity contribution in [1.82, 2.24) is 10.3 Å². The largest absolute Gasteiger partial charge is 0.480 e. The van der Waals surface area contributed by atoms with E-state index in [1.165, 1.54) is 11.3 Å². The molecule has 20 heavy (non-hydrogen) atoms. The fourth-order valence-corrected chi connectivity index (χ4v) is 3.09. The molecule has 0 radical (unpaired) electrons. The number of carbonyl (C=O) groups is 2. The number of aromatic nitrogens is 1. The number of carboxylic acid groups (broad SMARTS) is 1. The fraction of sp³-hybridized carbons (Fsp3) is 0.615. The van der Waals surface area contributed by atoms with Gasteiger partial charge in [0.2, 0.25) is 5.91 Å². The zero-order valence-electron chi connectivity index (χ0n) is 11.4. The van der Waals surface area contributed by atoms with Gasteiger partial charge in [-0.1, -0.05) is 6.92 Å². The topological polar surface area (TPSA) is 105 Å². The summed E-state index contributed by atoms with van der Waals surface area (Å²) in [5.74, 6) is -0.750. The molecule has 0 spiro atoms. The molecule has 1 aliphatic rings. The second-order valence-corrected chi connectivity index (χ2v) is 6.36. The number of nitrogens with one attached hydrogen (secondary N) is 1. The first kappa shape index (κ1) is 14.8. The van der Waals surface area contributed by atoms with Gasteiger partial charge in [-0.05, 0) is 31.6 Å². The van der Waals surface area contributed by atoms with Crippen LogP contribution in [0, 0.1) is 5.92 Å². The molecule has 110 valence electrons. The quantitative estimate of drug-likeness (QED) is 0.779. The first-order valence-corrected chi connectivity index (χ1v) is 7.53. The summed E-state index contributed by atoms with van der Waals surface area (Å²) in [6.45, 7) is 2.10. The highest BCUT2D eigenvalue weighted by Crippen LogP contribution is 2.32. The minimum atomic E-state index is -1.12. The van der Waals surface area contributed by atoms with Gasteiger partial charge in [-0.25, -0.2) is 9.78 Å². The smallest absolute Gasteiger partial charge is 0.329 e. The van der Waals surface area contributed by atoms with Crippen LogP contribution in [0.15, 0.2) is 5.38 Å². The van der Waals surface area contributed by atoms with Crippen molar-refractivity contribution in [3.8, 4) is 0 Å². The normalized spacial score (nSPS) is 26.1. The molecule has 0 bridgehead atoms. The van der Waals surface area contributed by atoms with Gasteiger partial charge in [0.15, 0.2) is 5.13 Å². The van der Waals surface area contributed by atoms with Crippen LogP contribution in [0.25, 0.3) is 0 Å². The summed E-state index contributed by atoms with van der Waals surface area (Å²) in [6, 6.07) is 0. The number of anilines is 1. The maximum Gasteiger partial charge on any atom is 0.329 e. The Morgan fingerprint density at radius 2 is 2.20 bits per heavy atom. The van der Waals surface area contributed by atoms with Crippen molar-refractivity contribution in [2.24, 2.45) is 5.92 Å². The molecule has 0 atom stereocenters. The van der Waals surface area contributed by atoms with Crippen LogP contribution in [-0.4, -0.2) is 27.5 Å². The Labute approximate surface area is 121 Å². The molecule has 0 aromatic carbocycles. The first-order valence-electron chi connectivity index (χ1n) is 6.65. The van der Waals surface area contributed by atoms with Gasteiger partial charge in [-0.2, -0.15) is 0 Å². The lowest BCUT2D eigenvalue weighted by atomic mass is 9.77. The summed E-state index contributed by atoms with van der Waals surface area (Å²) in [6.07, 6.45) is 2.66. The highest BCUT2D eigenvalue weighted by molar-refractivity contribution is 7.13. The Bertz CT molecular complexity index is 507. The summed E-state index contributed by atoms with van der Waals surface area (Å²) in [4.78, 5) is 27.6. The number of hydrogen-bond acceptors (Lipinski definition) is 5. The Morgan fingerprint density at radius 1 is 1.55 bits per heavy atom. The third-order valence-corrected chi connectivity index (χ3v) is 4.55. The molecule has 1 amide bonds. The average Bonchev–Trinajstić information content (AvgIpc) is 2.77. The Kier molecular flexibility index (Phi) is 4.27. The Hall–Kier alpha value is -1.63.